The molecule has 35 heavy (non-hydrogen) atoms. The van der Waals surface area contributed by atoms with E-state index < -0.39 is 5.60 Å². The summed E-state index contributed by atoms with van der Waals surface area (Å²) in [6.07, 6.45) is 3.25. The molecule has 4 rings (SSSR count). The number of hydrogen-bond acceptors (Lipinski definition) is 3. The Morgan fingerprint density at radius 2 is 1.46 bits per heavy atom. The van der Waals surface area contributed by atoms with E-state index in [4.69, 9.17) is 11.6 Å². The summed E-state index contributed by atoms with van der Waals surface area (Å²) < 4.78 is 0. The second kappa shape index (κ2) is 11.4. The number of rotatable bonds is 8. The van der Waals surface area contributed by atoms with E-state index in [9.17, 15) is 9.90 Å². The van der Waals surface area contributed by atoms with Gasteiger partial charge in [0.25, 0.3) is 0 Å². The second-order valence-electron chi connectivity index (χ2n) is 10.2. The number of nitrogens with one attached hydrogen (secondary N) is 1. The van der Waals surface area contributed by atoms with Crippen molar-refractivity contribution < 1.29 is 9.90 Å². The Kier molecular flexibility index (Phi) is 8.27. The third kappa shape index (κ3) is 7.41. The van der Waals surface area contributed by atoms with E-state index in [1.807, 2.05) is 62.4 Å². The maximum Gasteiger partial charge on any atom is 0.224 e. The van der Waals surface area contributed by atoms with Crippen LogP contribution in [0.15, 0.2) is 72.8 Å². The van der Waals surface area contributed by atoms with E-state index in [1.54, 1.807) is 0 Å². The number of aliphatic hydroxyl groups is 1. The molecule has 0 bridgehead atoms. The monoisotopic (exact) mass is 490 g/mol. The van der Waals surface area contributed by atoms with Gasteiger partial charge in [-0.2, -0.15) is 0 Å². The van der Waals surface area contributed by atoms with Gasteiger partial charge in [-0.3, -0.25) is 9.69 Å². The summed E-state index contributed by atoms with van der Waals surface area (Å²) >= 11 is 5.96. The van der Waals surface area contributed by atoms with Gasteiger partial charge < -0.3 is 10.4 Å². The number of hydrogen-bond donors (Lipinski definition) is 2. The Hall–Kier alpha value is -2.66. The molecule has 2 N–H and O–H groups in total. The summed E-state index contributed by atoms with van der Waals surface area (Å²) in [5.74, 6) is 0.400. The lowest BCUT2D eigenvalue weighted by atomic mass is 9.83. The van der Waals surface area contributed by atoms with Gasteiger partial charge in [0.2, 0.25) is 5.91 Å². The van der Waals surface area contributed by atoms with Gasteiger partial charge in [-0.05, 0) is 98.6 Å². The number of nitrogens with zero attached hydrogens (tertiary/aromatic N) is 1. The molecule has 1 fully saturated rings. The molecule has 1 amide bonds. The molecule has 1 aliphatic heterocycles. The van der Waals surface area contributed by atoms with Crippen molar-refractivity contribution in [1.82, 2.24) is 4.90 Å². The van der Waals surface area contributed by atoms with Gasteiger partial charge >= 0.3 is 0 Å². The Labute approximate surface area is 213 Å². The minimum absolute atomic E-state index is 0.0167. The summed E-state index contributed by atoms with van der Waals surface area (Å²) in [6.45, 7) is 6.83. The third-order valence-electron chi connectivity index (χ3n) is 7.00. The van der Waals surface area contributed by atoms with Crippen molar-refractivity contribution >= 4 is 23.2 Å². The van der Waals surface area contributed by atoms with Crippen LogP contribution in [0.3, 0.4) is 0 Å². The van der Waals surface area contributed by atoms with Crippen LogP contribution in [0, 0.1) is 5.92 Å². The molecule has 1 heterocycles. The first kappa shape index (κ1) is 25.4. The molecule has 0 spiro atoms. The fraction of sp³-hybridized carbons (Fsp3) is 0.367. The smallest absolute Gasteiger partial charge is 0.224 e. The molecule has 1 saturated heterocycles. The summed E-state index contributed by atoms with van der Waals surface area (Å²) in [4.78, 5) is 14.9. The van der Waals surface area contributed by atoms with E-state index in [2.05, 4.69) is 34.5 Å². The minimum atomic E-state index is -0.582. The lowest BCUT2D eigenvalue weighted by Crippen LogP contribution is -2.41. The zero-order valence-electron chi connectivity index (χ0n) is 20.6. The Morgan fingerprint density at radius 3 is 2.03 bits per heavy atom. The number of carbonyl (C=O) groups excluding carboxylic acids is 1. The maximum absolute atomic E-state index is 12.5. The highest BCUT2D eigenvalue weighted by Crippen LogP contribution is 2.28. The largest absolute Gasteiger partial charge is 0.390 e. The van der Waals surface area contributed by atoms with Crippen LogP contribution in [-0.2, 0) is 17.8 Å². The van der Waals surface area contributed by atoms with Crippen LogP contribution in [0.1, 0.15) is 44.2 Å². The van der Waals surface area contributed by atoms with Crippen molar-refractivity contribution in [1.29, 1.82) is 0 Å². The van der Waals surface area contributed by atoms with Gasteiger partial charge in [0.05, 0.1) is 5.60 Å². The number of benzene rings is 3. The number of amides is 1. The van der Waals surface area contributed by atoms with E-state index in [1.165, 1.54) is 11.1 Å². The lowest BCUT2D eigenvalue weighted by molar-refractivity contribution is -0.116. The number of halogens is 1. The quantitative estimate of drug-likeness (QED) is 0.376. The summed E-state index contributed by atoms with van der Waals surface area (Å²) in [5.41, 5.74) is 4.86. The van der Waals surface area contributed by atoms with Crippen molar-refractivity contribution in [3.8, 4) is 11.1 Å². The topological polar surface area (TPSA) is 52.6 Å². The van der Waals surface area contributed by atoms with Crippen molar-refractivity contribution in [2.75, 3.05) is 18.4 Å². The predicted molar refractivity (Wildman–Crippen MR) is 145 cm³/mol. The minimum Gasteiger partial charge on any atom is -0.390 e. The number of carbonyl (C=O) groups is 1. The fourth-order valence-corrected chi connectivity index (χ4v) is 4.86. The molecule has 5 heteroatoms. The van der Waals surface area contributed by atoms with Crippen molar-refractivity contribution in [2.24, 2.45) is 5.92 Å². The molecule has 1 aliphatic rings. The first-order chi connectivity index (χ1) is 16.8. The van der Waals surface area contributed by atoms with Crippen LogP contribution in [-0.4, -0.2) is 34.6 Å². The lowest BCUT2D eigenvalue weighted by Gasteiger charge is -2.37. The van der Waals surface area contributed by atoms with Crippen molar-refractivity contribution in [3.05, 3.63) is 88.9 Å². The zero-order valence-corrected chi connectivity index (χ0v) is 21.4. The molecule has 0 unspecified atom stereocenters. The molecule has 0 atom stereocenters. The van der Waals surface area contributed by atoms with Crippen molar-refractivity contribution in [3.63, 3.8) is 0 Å². The highest BCUT2D eigenvalue weighted by molar-refractivity contribution is 6.30. The molecule has 4 nitrogen and oxygen atoms in total. The summed E-state index contributed by atoms with van der Waals surface area (Å²) in [6, 6.07) is 24.2. The molecule has 0 aromatic heterocycles. The fourth-order valence-electron chi connectivity index (χ4n) is 4.74. The van der Waals surface area contributed by atoms with Crippen LogP contribution in [0.25, 0.3) is 11.1 Å². The Balaban J connectivity index is 1.21. The second-order valence-corrected chi connectivity index (χ2v) is 10.6. The van der Waals surface area contributed by atoms with Gasteiger partial charge in [0, 0.05) is 23.7 Å². The molecular formula is C30H35ClN2O2. The van der Waals surface area contributed by atoms with Crippen molar-refractivity contribution in [2.45, 2.75) is 51.7 Å². The molecular weight excluding hydrogens is 456 g/mol. The van der Waals surface area contributed by atoms with Gasteiger partial charge in [-0.25, -0.2) is 0 Å². The molecule has 0 saturated carbocycles. The normalized spacial score (nSPS) is 15.2. The maximum atomic E-state index is 12.5. The first-order valence-electron chi connectivity index (χ1n) is 12.4. The average Bonchev–Trinajstić information content (AvgIpc) is 2.84. The Morgan fingerprint density at radius 1 is 0.914 bits per heavy atom. The predicted octanol–water partition coefficient (Wildman–Crippen LogP) is 6.56. The van der Waals surface area contributed by atoms with Gasteiger partial charge in [0.1, 0.15) is 0 Å². The van der Waals surface area contributed by atoms with Gasteiger partial charge in [-0.1, -0.05) is 60.1 Å². The van der Waals surface area contributed by atoms with E-state index in [-0.39, 0.29) is 5.91 Å². The molecule has 184 valence electrons. The SMILES string of the molecule is CC(C)(O)C1CCN(Cc2ccc(CCC(=O)Nc3ccc(-c4ccc(Cl)cc4)cc3)cc2)CC1. The number of piperidine rings is 1. The highest BCUT2D eigenvalue weighted by atomic mass is 35.5. The van der Waals surface area contributed by atoms with Gasteiger partial charge in [-0.15, -0.1) is 0 Å². The number of likely N-dealkylation sites (tertiary alicyclic amines) is 1. The zero-order chi connectivity index (χ0) is 24.8. The van der Waals surface area contributed by atoms with Crippen LogP contribution in [0.5, 0.6) is 0 Å². The van der Waals surface area contributed by atoms with E-state index >= 15 is 0 Å². The Bertz CT molecular complexity index is 1100. The highest BCUT2D eigenvalue weighted by Gasteiger charge is 2.30. The van der Waals surface area contributed by atoms with Crippen LogP contribution in [0.2, 0.25) is 5.02 Å². The third-order valence-corrected chi connectivity index (χ3v) is 7.25. The first-order valence-corrected chi connectivity index (χ1v) is 12.8. The van der Waals surface area contributed by atoms with E-state index in [0.29, 0.717) is 18.8 Å². The number of aryl methyl sites for hydroxylation is 1. The molecule has 3 aromatic carbocycles. The van der Waals surface area contributed by atoms with E-state index in [0.717, 1.165) is 54.3 Å². The molecule has 0 aliphatic carbocycles. The van der Waals surface area contributed by atoms with Crippen LogP contribution < -0.4 is 5.32 Å². The van der Waals surface area contributed by atoms with Gasteiger partial charge in [0.15, 0.2) is 0 Å². The molecule has 3 aromatic rings. The average molecular weight is 491 g/mol. The molecule has 0 radical (unpaired) electrons. The van der Waals surface area contributed by atoms with Crippen LogP contribution in [0.4, 0.5) is 5.69 Å². The standard InChI is InChI=1S/C30H35ClN2O2/c1-30(2,35)26-17-19-33(20-18-26)21-23-5-3-22(4-6-23)7-16-29(34)32-28-14-10-25(11-15-28)24-8-12-27(31)13-9-24/h3-6,8-15,26,35H,7,16-21H2,1-2H3,(H,32,34). The summed E-state index contributed by atoms with van der Waals surface area (Å²) in [5, 5.41) is 13.9. The van der Waals surface area contributed by atoms with Crippen LogP contribution >= 0.6 is 11.6 Å². The summed E-state index contributed by atoms with van der Waals surface area (Å²) in [7, 11) is 0. The number of anilines is 1.